The highest BCUT2D eigenvalue weighted by Crippen LogP contribution is 2.39. The van der Waals surface area contributed by atoms with Crippen LogP contribution in [-0.2, 0) is 4.79 Å². The third kappa shape index (κ3) is 3.73. The summed E-state index contributed by atoms with van der Waals surface area (Å²) in [6.45, 7) is 2.02. The van der Waals surface area contributed by atoms with Gasteiger partial charge in [0.2, 0.25) is 0 Å². The number of para-hydroxylation sites is 1. The van der Waals surface area contributed by atoms with Crippen LogP contribution in [0.25, 0.3) is 6.08 Å². The number of carbonyl (C=O) groups is 1. The Morgan fingerprint density at radius 2 is 1.70 bits per heavy atom. The van der Waals surface area contributed by atoms with Crippen LogP contribution >= 0.6 is 11.8 Å². The van der Waals surface area contributed by atoms with Crippen LogP contribution in [-0.4, -0.2) is 16.0 Å². The first-order chi connectivity index (χ1) is 13.2. The van der Waals surface area contributed by atoms with Gasteiger partial charge in [-0.25, -0.2) is 4.99 Å². The zero-order chi connectivity index (χ0) is 18.6. The summed E-state index contributed by atoms with van der Waals surface area (Å²) in [5.41, 5.74) is 1.88. The van der Waals surface area contributed by atoms with E-state index >= 15 is 0 Å². The molecule has 4 nitrogen and oxygen atoms in total. The monoisotopic (exact) mass is 374 g/mol. The Morgan fingerprint density at radius 3 is 2.37 bits per heavy atom. The molecule has 0 unspecified atom stereocenters. The summed E-state index contributed by atoms with van der Waals surface area (Å²) in [6, 6.07) is 23.2. The maximum absolute atomic E-state index is 13.2. The number of benzene rings is 2. The second-order valence-electron chi connectivity index (χ2n) is 6.12. The fourth-order valence-electron chi connectivity index (χ4n) is 2.90. The standard InChI is InChI=1S/C22H18N2O2S/c1-16(17-9-4-2-5-10-17)24-21(25)20(15-19-13-8-14-26-19)27-22(24)23-18-11-6-3-7-12-18/h2-16H,1H3/b20-15+,23-22?/t16-/m1/s1. The molecule has 2 heterocycles. The maximum Gasteiger partial charge on any atom is 0.267 e. The van der Waals surface area contributed by atoms with Gasteiger partial charge in [-0.3, -0.25) is 9.69 Å². The Kier molecular flexibility index (Phi) is 4.94. The topological polar surface area (TPSA) is 45.8 Å². The van der Waals surface area contributed by atoms with E-state index in [1.54, 1.807) is 23.3 Å². The molecule has 1 saturated heterocycles. The van der Waals surface area contributed by atoms with Crippen LogP contribution in [0.2, 0.25) is 0 Å². The lowest BCUT2D eigenvalue weighted by Gasteiger charge is -2.24. The van der Waals surface area contributed by atoms with Gasteiger partial charge in [0, 0.05) is 6.08 Å². The predicted molar refractivity (Wildman–Crippen MR) is 110 cm³/mol. The first-order valence-electron chi connectivity index (χ1n) is 8.67. The Morgan fingerprint density at radius 1 is 1.00 bits per heavy atom. The Labute approximate surface area is 162 Å². The van der Waals surface area contributed by atoms with E-state index in [1.165, 1.54) is 11.8 Å². The average Bonchev–Trinajstić information content (AvgIpc) is 3.32. The molecule has 0 spiro atoms. The number of rotatable bonds is 4. The Bertz CT molecular complexity index is 980. The summed E-state index contributed by atoms with van der Waals surface area (Å²) in [4.78, 5) is 20.2. The molecule has 0 aliphatic carbocycles. The third-order valence-corrected chi connectivity index (χ3v) is 5.29. The molecule has 1 fully saturated rings. The van der Waals surface area contributed by atoms with Gasteiger partial charge in [-0.2, -0.15) is 0 Å². The second kappa shape index (κ2) is 7.68. The lowest BCUT2D eigenvalue weighted by Crippen LogP contribution is -2.32. The van der Waals surface area contributed by atoms with Crippen molar-refractivity contribution in [2.45, 2.75) is 13.0 Å². The first kappa shape index (κ1) is 17.4. The maximum atomic E-state index is 13.2. The van der Waals surface area contributed by atoms with Gasteiger partial charge < -0.3 is 4.42 Å². The van der Waals surface area contributed by atoms with Crippen LogP contribution in [0.1, 0.15) is 24.3 Å². The smallest absolute Gasteiger partial charge is 0.267 e. The highest BCUT2D eigenvalue weighted by atomic mass is 32.2. The normalized spacial score (nSPS) is 18.4. The lowest BCUT2D eigenvalue weighted by molar-refractivity contribution is -0.123. The summed E-state index contributed by atoms with van der Waals surface area (Å²) in [6.07, 6.45) is 3.37. The van der Waals surface area contributed by atoms with Crippen LogP contribution in [0.3, 0.4) is 0 Å². The minimum Gasteiger partial charge on any atom is -0.465 e. The molecule has 1 amide bonds. The Hall–Kier alpha value is -3.05. The summed E-state index contributed by atoms with van der Waals surface area (Å²) in [7, 11) is 0. The van der Waals surface area contributed by atoms with E-state index in [-0.39, 0.29) is 11.9 Å². The molecule has 1 aromatic heterocycles. The van der Waals surface area contributed by atoms with E-state index < -0.39 is 0 Å². The van der Waals surface area contributed by atoms with Gasteiger partial charge in [0.25, 0.3) is 5.91 Å². The minimum absolute atomic E-state index is 0.0672. The SMILES string of the molecule is C[C@H](c1ccccc1)N1C(=O)/C(=C\c2ccco2)SC1=Nc1ccccc1. The molecule has 27 heavy (non-hydrogen) atoms. The quantitative estimate of drug-likeness (QED) is 0.555. The third-order valence-electron chi connectivity index (χ3n) is 4.30. The van der Waals surface area contributed by atoms with Gasteiger partial charge in [0.15, 0.2) is 5.17 Å². The van der Waals surface area contributed by atoms with Gasteiger partial charge in [-0.15, -0.1) is 0 Å². The number of amidine groups is 1. The summed E-state index contributed by atoms with van der Waals surface area (Å²) >= 11 is 1.37. The minimum atomic E-state index is -0.129. The molecule has 0 radical (unpaired) electrons. The van der Waals surface area contributed by atoms with Crippen molar-refractivity contribution in [3.05, 3.63) is 95.3 Å². The van der Waals surface area contributed by atoms with E-state index in [0.717, 1.165) is 11.3 Å². The summed E-state index contributed by atoms with van der Waals surface area (Å²) < 4.78 is 5.38. The molecule has 0 N–H and O–H groups in total. The molecule has 5 heteroatoms. The molecule has 2 aromatic carbocycles. The fourth-order valence-corrected chi connectivity index (χ4v) is 3.95. The van der Waals surface area contributed by atoms with Crippen LogP contribution in [0.15, 0.2) is 93.4 Å². The number of amides is 1. The van der Waals surface area contributed by atoms with Crippen molar-refractivity contribution < 1.29 is 9.21 Å². The van der Waals surface area contributed by atoms with Crippen molar-refractivity contribution in [2.24, 2.45) is 4.99 Å². The van der Waals surface area contributed by atoms with E-state index in [4.69, 9.17) is 9.41 Å². The number of hydrogen-bond donors (Lipinski definition) is 0. The van der Waals surface area contributed by atoms with Crippen LogP contribution in [0, 0.1) is 0 Å². The van der Waals surface area contributed by atoms with Crippen molar-refractivity contribution in [1.82, 2.24) is 4.90 Å². The highest BCUT2D eigenvalue weighted by Gasteiger charge is 2.37. The van der Waals surface area contributed by atoms with Crippen molar-refractivity contribution >= 4 is 34.6 Å². The number of hydrogen-bond acceptors (Lipinski definition) is 4. The predicted octanol–water partition coefficient (Wildman–Crippen LogP) is 5.64. The van der Waals surface area contributed by atoms with Crippen LogP contribution in [0.5, 0.6) is 0 Å². The van der Waals surface area contributed by atoms with Crippen LogP contribution in [0.4, 0.5) is 5.69 Å². The van der Waals surface area contributed by atoms with E-state index in [0.29, 0.717) is 15.8 Å². The van der Waals surface area contributed by atoms with E-state index in [1.807, 2.05) is 73.7 Å². The molecule has 4 rings (SSSR count). The second-order valence-corrected chi connectivity index (χ2v) is 7.13. The van der Waals surface area contributed by atoms with Gasteiger partial charge in [-0.1, -0.05) is 48.5 Å². The average molecular weight is 374 g/mol. The number of aliphatic imine (C=N–C) groups is 1. The molecule has 134 valence electrons. The zero-order valence-corrected chi connectivity index (χ0v) is 15.6. The van der Waals surface area contributed by atoms with Gasteiger partial charge >= 0.3 is 0 Å². The molecular formula is C22H18N2O2S. The number of nitrogens with zero attached hydrogens (tertiary/aromatic N) is 2. The number of carbonyl (C=O) groups excluding carboxylic acids is 1. The molecule has 1 atom stereocenters. The van der Waals surface area contributed by atoms with Crippen molar-refractivity contribution in [2.75, 3.05) is 0 Å². The molecule has 1 aliphatic heterocycles. The summed E-state index contributed by atoms with van der Waals surface area (Å²) in [5.74, 6) is 0.585. The van der Waals surface area contributed by atoms with Gasteiger partial charge in [0.1, 0.15) is 5.76 Å². The van der Waals surface area contributed by atoms with Crippen molar-refractivity contribution in [3.8, 4) is 0 Å². The highest BCUT2D eigenvalue weighted by molar-refractivity contribution is 8.18. The van der Waals surface area contributed by atoms with Crippen molar-refractivity contribution in [1.29, 1.82) is 0 Å². The first-order valence-corrected chi connectivity index (χ1v) is 9.49. The summed E-state index contributed by atoms with van der Waals surface area (Å²) in [5, 5.41) is 0.667. The van der Waals surface area contributed by atoms with Gasteiger partial charge in [-0.05, 0) is 48.5 Å². The molecule has 1 aliphatic rings. The molecule has 0 saturated carbocycles. The van der Waals surface area contributed by atoms with Gasteiger partial charge in [0.05, 0.1) is 22.9 Å². The molecular weight excluding hydrogens is 356 g/mol. The lowest BCUT2D eigenvalue weighted by atomic mass is 10.1. The van der Waals surface area contributed by atoms with E-state index in [2.05, 4.69) is 0 Å². The van der Waals surface area contributed by atoms with Crippen LogP contribution < -0.4 is 0 Å². The number of thioether (sulfide) groups is 1. The largest absolute Gasteiger partial charge is 0.465 e. The zero-order valence-electron chi connectivity index (χ0n) is 14.8. The van der Waals surface area contributed by atoms with Crippen molar-refractivity contribution in [3.63, 3.8) is 0 Å². The Balaban J connectivity index is 1.74. The molecule has 3 aromatic rings. The van der Waals surface area contributed by atoms with E-state index in [9.17, 15) is 4.79 Å². The number of furan rings is 1. The fraction of sp³-hybridized carbons (Fsp3) is 0.0909. The molecule has 0 bridgehead atoms.